The van der Waals surface area contributed by atoms with Crippen LogP contribution in [0.15, 0.2) is 112 Å². The zero-order valence-electron chi connectivity index (χ0n) is 26.1. The zero-order chi connectivity index (χ0) is 32.9. The molecule has 4 aromatic carbocycles. The molecule has 2 heterocycles. The second kappa shape index (κ2) is 14.7. The number of nitrogens with one attached hydrogen (secondary N) is 2. The van der Waals surface area contributed by atoms with Crippen LogP contribution in [0.4, 0.5) is 11.6 Å². The maximum absolute atomic E-state index is 14.0. The number of ether oxygens (including phenoxy) is 2. The van der Waals surface area contributed by atoms with Crippen molar-refractivity contribution in [3.05, 3.63) is 134 Å². The predicted molar refractivity (Wildman–Crippen MR) is 191 cm³/mol. The average Bonchev–Trinajstić information content (AvgIpc) is 3.46. The van der Waals surface area contributed by atoms with E-state index in [9.17, 15) is 4.79 Å². The van der Waals surface area contributed by atoms with Crippen LogP contribution in [0.25, 0.3) is 0 Å². The lowest BCUT2D eigenvalue weighted by Gasteiger charge is -2.29. The van der Waals surface area contributed by atoms with E-state index < -0.39 is 6.04 Å². The van der Waals surface area contributed by atoms with E-state index in [0.717, 1.165) is 26.7 Å². The number of anilines is 2. The van der Waals surface area contributed by atoms with Crippen molar-refractivity contribution in [1.82, 2.24) is 14.8 Å². The molecule has 8 nitrogen and oxygen atoms in total. The number of aryl methyl sites for hydroxylation is 1. The molecule has 1 amide bonds. The molecule has 1 aliphatic heterocycles. The van der Waals surface area contributed by atoms with Gasteiger partial charge in [-0.25, -0.2) is 4.68 Å². The highest BCUT2D eigenvalue weighted by Crippen LogP contribution is 2.40. The third kappa shape index (κ3) is 7.67. The smallest absolute Gasteiger partial charge is 0.255 e. The van der Waals surface area contributed by atoms with Crippen molar-refractivity contribution in [2.75, 3.05) is 17.2 Å². The fourth-order valence-electron chi connectivity index (χ4n) is 5.30. The number of carbonyl (C=O) groups excluding carboxylic acids is 1. The minimum Gasteiger partial charge on any atom is -0.490 e. The Hall–Kier alpha value is -4.25. The lowest BCUT2D eigenvalue weighted by Crippen LogP contribution is -2.31. The van der Waals surface area contributed by atoms with Gasteiger partial charge in [0.25, 0.3) is 5.91 Å². The number of thioether (sulfide) groups is 1. The normalized spacial score (nSPS) is 13.9. The SMILES string of the molecule is CCOc1cc(C2C(C(=O)Nc3cccc(C)c3)=C(C)Nc3nc(SCc4ccccc4Cl)nn32)ccc1OCc1ccc(Br)cc1. The summed E-state index contributed by atoms with van der Waals surface area (Å²) in [6.07, 6.45) is 0. The number of amides is 1. The Kier molecular flexibility index (Phi) is 10.2. The van der Waals surface area contributed by atoms with Crippen LogP contribution in [0.5, 0.6) is 11.5 Å². The van der Waals surface area contributed by atoms with Crippen LogP contribution in [0.3, 0.4) is 0 Å². The van der Waals surface area contributed by atoms with E-state index in [1.807, 2.05) is 112 Å². The Morgan fingerprint density at radius 1 is 1.00 bits per heavy atom. The molecule has 1 aromatic heterocycles. The van der Waals surface area contributed by atoms with Crippen molar-refractivity contribution in [2.24, 2.45) is 0 Å². The summed E-state index contributed by atoms with van der Waals surface area (Å²) in [5.41, 5.74) is 5.76. The maximum Gasteiger partial charge on any atom is 0.255 e. The second-order valence-electron chi connectivity index (χ2n) is 11.0. The fraction of sp³-hybridized carbons (Fsp3) is 0.194. The van der Waals surface area contributed by atoms with Gasteiger partial charge in [0.15, 0.2) is 11.5 Å². The summed E-state index contributed by atoms with van der Waals surface area (Å²) < 4.78 is 15.1. The second-order valence-corrected chi connectivity index (χ2v) is 13.3. The highest BCUT2D eigenvalue weighted by molar-refractivity contribution is 9.10. The van der Waals surface area contributed by atoms with Crippen LogP contribution in [0.1, 0.15) is 42.1 Å². The molecule has 6 rings (SSSR count). The van der Waals surface area contributed by atoms with Crippen molar-refractivity contribution in [3.63, 3.8) is 0 Å². The van der Waals surface area contributed by atoms with Crippen LogP contribution < -0.4 is 20.1 Å². The molecule has 0 saturated heterocycles. The van der Waals surface area contributed by atoms with E-state index in [2.05, 4.69) is 26.6 Å². The van der Waals surface area contributed by atoms with Crippen molar-refractivity contribution < 1.29 is 14.3 Å². The van der Waals surface area contributed by atoms with Gasteiger partial charge in [0, 0.05) is 26.6 Å². The number of allylic oxidation sites excluding steroid dienone is 1. The molecule has 47 heavy (non-hydrogen) atoms. The highest BCUT2D eigenvalue weighted by Gasteiger charge is 2.35. The van der Waals surface area contributed by atoms with E-state index in [0.29, 0.717) is 63.6 Å². The molecule has 0 saturated carbocycles. The van der Waals surface area contributed by atoms with E-state index in [-0.39, 0.29) is 5.91 Å². The zero-order valence-corrected chi connectivity index (χ0v) is 29.2. The summed E-state index contributed by atoms with van der Waals surface area (Å²) in [6, 6.07) is 28.6. The van der Waals surface area contributed by atoms with Crippen molar-refractivity contribution in [3.8, 4) is 11.5 Å². The number of nitrogens with zero attached hydrogens (tertiary/aromatic N) is 3. The fourth-order valence-corrected chi connectivity index (χ4v) is 6.68. The Morgan fingerprint density at radius 3 is 2.57 bits per heavy atom. The van der Waals surface area contributed by atoms with Gasteiger partial charge in [-0.3, -0.25) is 4.79 Å². The first-order chi connectivity index (χ1) is 22.8. The quantitative estimate of drug-likeness (QED) is 0.131. The summed E-state index contributed by atoms with van der Waals surface area (Å²) >= 11 is 11.4. The molecule has 1 unspecified atom stereocenters. The Balaban J connectivity index is 1.36. The molecule has 1 atom stereocenters. The number of rotatable bonds is 11. The molecule has 5 aromatic rings. The number of aromatic nitrogens is 3. The van der Waals surface area contributed by atoms with E-state index in [1.54, 1.807) is 4.68 Å². The minimum absolute atomic E-state index is 0.245. The molecular formula is C36H33BrClN5O3S. The Morgan fingerprint density at radius 2 is 1.81 bits per heavy atom. The molecule has 1 aliphatic rings. The lowest BCUT2D eigenvalue weighted by molar-refractivity contribution is -0.113. The van der Waals surface area contributed by atoms with Crippen molar-refractivity contribution >= 4 is 56.8 Å². The van der Waals surface area contributed by atoms with Gasteiger partial charge in [0.1, 0.15) is 12.6 Å². The molecule has 11 heteroatoms. The monoisotopic (exact) mass is 729 g/mol. The van der Waals surface area contributed by atoms with Gasteiger partial charge in [-0.15, -0.1) is 5.10 Å². The number of hydrogen-bond acceptors (Lipinski definition) is 7. The van der Waals surface area contributed by atoms with E-state index >= 15 is 0 Å². The van der Waals surface area contributed by atoms with Crippen molar-refractivity contribution in [1.29, 1.82) is 0 Å². The highest BCUT2D eigenvalue weighted by atomic mass is 79.9. The van der Waals surface area contributed by atoms with Gasteiger partial charge in [0.05, 0.1) is 12.2 Å². The molecule has 0 radical (unpaired) electrons. The Labute approximate surface area is 291 Å². The summed E-state index contributed by atoms with van der Waals surface area (Å²) in [6.45, 7) is 6.62. The summed E-state index contributed by atoms with van der Waals surface area (Å²) in [5.74, 6) is 2.07. The van der Waals surface area contributed by atoms with Gasteiger partial charge in [0.2, 0.25) is 11.1 Å². The lowest BCUT2D eigenvalue weighted by atomic mass is 9.94. The van der Waals surface area contributed by atoms with Gasteiger partial charge >= 0.3 is 0 Å². The molecule has 0 fully saturated rings. The molecule has 240 valence electrons. The minimum atomic E-state index is -0.599. The third-order valence-corrected chi connectivity index (χ3v) is 9.34. The Bertz CT molecular complexity index is 1950. The van der Waals surface area contributed by atoms with Crippen molar-refractivity contribution in [2.45, 2.75) is 44.3 Å². The van der Waals surface area contributed by atoms with Crippen LogP contribution in [-0.4, -0.2) is 27.3 Å². The average molecular weight is 731 g/mol. The molecule has 0 spiro atoms. The maximum atomic E-state index is 14.0. The topological polar surface area (TPSA) is 90.3 Å². The molecular weight excluding hydrogens is 698 g/mol. The van der Waals surface area contributed by atoms with Gasteiger partial charge in [-0.05, 0) is 85.5 Å². The first-order valence-corrected chi connectivity index (χ1v) is 17.3. The summed E-state index contributed by atoms with van der Waals surface area (Å²) in [5, 5.41) is 12.6. The van der Waals surface area contributed by atoms with Crippen LogP contribution in [-0.2, 0) is 17.2 Å². The molecule has 0 bridgehead atoms. The van der Waals surface area contributed by atoms with E-state index in [4.69, 9.17) is 31.2 Å². The van der Waals surface area contributed by atoms with Gasteiger partial charge in [-0.1, -0.05) is 87.8 Å². The summed E-state index contributed by atoms with van der Waals surface area (Å²) in [4.78, 5) is 18.8. The third-order valence-electron chi connectivity index (χ3n) is 7.56. The number of hydrogen-bond donors (Lipinski definition) is 2. The predicted octanol–water partition coefficient (Wildman–Crippen LogP) is 9.20. The van der Waals surface area contributed by atoms with Gasteiger partial charge in [-0.2, -0.15) is 4.98 Å². The van der Waals surface area contributed by atoms with Crippen LogP contribution in [0.2, 0.25) is 5.02 Å². The molecule has 0 aliphatic carbocycles. The summed E-state index contributed by atoms with van der Waals surface area (Å²) in [7, 11) is 0. The standard InChI is InChI=1S/C36H33BrClN5O3S/c1-4-45-31-19-25(14-17-30(31)46-20-24-12-15-27(37)16-13-24)33-32(34(44)40-28-10-7-8-22(2)18-28)23(3)39-35-41-36(42-43(33)35)47-21-26-9-5-6-11-29(26)38/h5-19,33H,4,20-21H2,1-3H3,(H,40,44)(H,39,41,42). The first-order valence-electron chi connectivity index (χ1n) is 15.1. The number of fused-ring (bicyclic) bond motifs is 1. The molecule has 2 N–H and O–H groups in total. The number of halogens is 2. The van der Waals surface area contributed by atoms with Gasteiger partial charge < -0.3 is 20.1 Å². The number of carbonyl (C=O) groups is 1. The number of benzene rings is 4. The van der Waals surface area contributed by atoms with E-state index in [1.165, 1.54) is 11.8 Å². The van der Waals surface area contributed by atoms with Crippen LogP contribution in [0, 0.1) is 6.92 Å². The van der Waals surface area contributed by atoms with Crippen LogP contribution >= 0.6 is 39.3 Å². The first kappa shape index (κ1) is 32.7. The largest absolute Gasteiger partial charge is 0.490 e.